The second kappa shape index (κ2) is 14.3. The summed E-state index contributed by atoms with van der Waals surface area (Å²) < 4.78 is 27.5. The van der Waals surface area contributed by atoms with Gasteiger partial charge >= 0.3 is 0 Å². The number of aryl methyl sites for hydroxylation is 1. The van der Waals surface area contributed by atoms with E-state index in [0.717, 1.165) is 11.1 Å². The first-order valence-electron chi connectivity index (χ1n) is 13.9. The number of rotatable bonds is 12. The molecule has 7 nitrogen and oxygen atoms in total. The number of benzene rings is 2. The molecule has 1 aliphatic heterocycles. The third kappa shape index (κ3) is 8.78. The van der Waals surface area contributed by atoms with Crippen molar-refractivity contribution in [2.45, 2.75) is 66.0 Å². The van der Waals surface area contributed by atoms with Crippen molar-refractivity contribution < 1.29 is 18.0 Å². The molecule has 9 heteroatoms. The molecule has 214 valence electrons. The quantitative estimate of drug-likeness (QED) is 0.341. The van der Waals surface area contributed by atoms with Crippen molar-refractivity contribution in [3.05, 3.63) is 70.2 Å². The van der Waals surface area contributed by atoms with E-state index in [2.05, 4.69) is 13.8 Å². The van der Waals surface area contributed by atoms with Crippen LogP contribution in [0.1, 0.15) is 67.9 Å². The summed E-state index contributed by atoms with van der Waals surface area (Å²) in [4.78, 5) is 30.5. The van der Waals surface area contributed by atoms with E-state index in [4.69, 9.17) is 11.6 Å². The van der Waals surface area contributed by atoms with Gasteiger partial charge in [-0.1, -0.05) is 56.6 Å². The highest BCUT2D eigenvalue weighted by Gasteiger charge is 2.33. The first-order valence-corrected chi connectivity index (χ1v) is 15.9. The smallest absolute Gasteiger partial charge is 0.253 e. The van der Waals surface area contributed by atoms with Crippen LogP contribution < -0.4 is 0 Å². The lowest BCUT2D eigenvalue weighted by Crippen LogP contribution is -2.51. The molecule has 0 aromatic heterocycles. The minimum absolute atomic E-state index is 0.0291. The summed E-state index contributed by atoms with van der Waals surface area (Å²) in [5, 5.41) is 0.582. The molecular weight excluding hydrogens is 534 g/mol. The number of amides is 2. The van der Waals surface area contributed by atoms with E-state index in [-0.39, 0.29) is 30.2 Å². The van der Waals surface area contributed by atoms with Gasteiger partial charge in [-0.3, -0.25) is 9.59 Å². The molecule has 0 radical (unpaired) electrons. The van der Waals surface area contributed by atoms with Gasteiger partial charge in [-0.2, -0.15) is 4.31 Å². The number of carbonyl (C=O) groups excluding carboxylic acids is 2. The second-order valence-corrected chi connectivity index (χ2v) is 13.3. The Balaban J connectivity index is 1.79. The molecule has 0 N–H and O–H groups in total. The molecule has 0 saturated carbocycles. The van der Waals surface area contributed by atoms with Crippen LogP contribution in [0, 0.1) is 12.8 Å². The zero-order chi connectivity index (χ0) is 28.6. The number of nitrogens with zero attached hydrogens (tertiary/aromatic N) is 3. The normalized spacial score (nSPS) is 14.7. The molecule has 0 atom stereocenters. The number of likely N-dealkylation sites (tertiary alicyclic amines) is 1. The maximum Gasteiger partial charge on any atom is 0.253 e. The zero-order valence-corrected chi connectivity index (χ0v) is 25.2. The highest BCUT2D eigenvalue weighted by molar-refractivity contribution is 7.89. The van der Waals surface area contributed by atoms with Gasteiger partial charge in [-0.05, 0) is 73.9 Å². The van der Waals surface area contributed by atoms with Crippen LogP contribution in [-0.4, -0.2) is 72.3 Å². The maximum atomic E-state index is 13.9. The van der Waals surface area contributed by atoms with E-state index in [9.17, 15) is 18.0 Å². The van der Waals surface area contributed by atoms with Gasteiger partial charge in [0.1, 0.15) is 0 Å². The molecule has 0 spiro atoms. The predicted octanol–water partition coefficient (Wildman–Crippen LogP) is 5.37. The van der Waals surface area contributed by atoms with E-state index in [1.54, 1.807) is 24.3 Å². The monoisotopic (exact) mass is 575 g/mol. The van der Waals surface area contributed by atoms with E-state index in [1.165, 1.54) is 4.31 Å². The fraction of sp³-hybridized carbons (Fsp3) is 0.533. The van der Waals surface area contributed by atoms with Crippen molar-refractivity contribution in [3.63, 3.8) is 0 Å². The summed E-state index contributed by atoms with van der Waals surface area (Å²) in [5.41, 5.74) is 2.71. The summed E-state index contributed by atoms with van der Waals surface area (Å²) >= 11 is 5.98. The Morgan fingerprint density at radius 2 is 1.69 bits per heavy atom. The molecule has 3 rings (SSSR count). The maximum absolute atomic E-state index is 13.9. The minimum atomic E-state index is -3.54. The molecule has 2 aromatic rings. The Bertz CT molecular complexity index is 1210. The van der Waals surface area contributed by atoms with Crippen molar-refractivity contribution >= 4 is 33.4 Å². The Morgan fingerprint density at radius 1 is 1.05 bits per heavy atom. The number of piperidine rings is 1. The first kappa shape index (κ1) is 31.1. The van der Waals surface area contributed by atoms with Crippen LogP contribution in [0.5, 0.6) is 0 Å². The van der Waals surface area contributed by atoms with Crippen LogP contribution in [0.2, 0.25) is 5.02 Å². The third-order valence-corrected chi connectivity index (χ3v) is 9.60. The Kier molecular flexibility index (Phi) is 11.4. The van der Waals surface area contributed by atoms with Crippen molar-refractivity contribution in [3.8, 4) is 0 Å². The van der Waals surface area contributed by atoms with Crippen molar-refractivity contribution in [2.24, 2.45) is 5.92 Å². The van der Waals surface area contributed by atoms with Gasteiger partial charge < -0.3 is 9.80 Å². The van der Waals surface area contributed by atoms with Crippen LogP contribution >= 0.6 is 11.6 Å². The van der Waals surface area contributed by atoms with E-state index < -0.39 is 10.0 Å². The van der Waals surface area contributed by atoms with Gasteiger partial charge in [0.15, 0.2) is 0 Å². The molecule has 1 saturated heterocycles. The van der Waals surface area contributed by atoms with Crippen molar-refractivity contribution in [1.29, 1.82) is 0 Å². The molecule has 2 aromatic carbocycles. The molecule has 0 bridgehead atoms. The van der Waals surface area contributed by atoms with Gasteiger partial charge in [0.2, 0.25) is 15.9 Å². The predicted molar refractivity (Wildman–Crippen MR) is 157 cm³/mol. The van der Waals surface area contributed by atoms with Gasteiger partial charge in [-0.15, -0.1) is 0 Å². The summed E-state index contributed by atoms with van der Waals surface area (Å²) in [6.45, 7) is 9.58. The fourth-order valence-corrected chi connectivity index (χ4v) is 6.49. The molecule has 1 fully saturated rings. The number of halogens is 1. The van der Waals surface area contributed by atoms with E-state index in [0.29, 0.717) is 68.4 Å². The average Bonchev–Trinajstić information content (AvgIpc) is 2.90. The van der Waals surface area contributed by atoms with Crippen LogP contribution in [0.3, 0.4) is 0 Å². The third-order valence-electron chi connectivity index (χ3n) is 7.33. The highest BCUT2D eigenvalue weighted by atomic mass is 35.5. The van der Waals surface area contributed by atoms with Gasteiger partial charge in [0.25, 0.3) is 5.91 Å². The summed E-state index contributed by atoms with van der Waals surface area (Å²) in [7, 11) is -3.54. The van der Waals surface area contributed by atoms with Crippen molar-refractivity contribution in [1.82, 2.24) is 14.1 Å². The number of hydrogen-bond donors (Lipinski definition) is 0. The SMILES string of the molecule is CCCS(=O)(=O)N(CCC(C)C)CC(=O)N(Cc1ccccc1C)C1CCN(C(=O)c2ccc(Cl)cc2)CC1. The minimum Gasteiger partial charge on any atom is -0.338 e. The number of sulfonamides is 1. The standard InChI is InChI=1S/C30H42ClN3O4S/c1-5-20-39(37,38)33(19-14-23(2)3)22-29(35)34(21-26-9-7-6-8-24(26)4)28-15-17-32(18-16-28)30(36)25-10-12-27(31)13-11-25/h6-13,23,28H,5,14-22H2,1-4H3. The lowest BCUT2D eigenvalue weighted by molar-refractivity contribution is -0.135. The summed E-state index contributed by atoms with van der Waals surface area (Å²) in [5.74, 6) is 0.114. The lowest BCUT2D eigenvalue weighted by Gasteiger charge is -2.39. The molecule has 0 unspecified atom stereocenters. The fourth-order valence-electron chi connectivity index (χ4n) is 4.90. The largest absolute Gasteiger partial charge is 0.338 e. The Hall–Kier alpha value is -2.42. The summed E-state index contributed by atoms with van der Waals surface area (Å²) in [6, 6.07) is 14.7. The van der Waals surface area contributed by atoms with Gasteiger partial charge in [0.05, 0.1) is 12.3 Å². The van der Waals surface area contributed by atoms with Crippen LogP contribution in [0.4, 0.5) is 0 Å². The molecule has 1 heterocycles. The Labute approximate surface area is 239 Å². The van der Waals surface area contributed by atoms with Gasteiger partial charge in [-0.25, -0.2) is 8.42 Å². The zero-order valence-electron chi connectivity index (χ0n) is 23.6. The molecule has 1 aliphatic rings. The topological polar surface area (TPSA) is 78.0 Å². The van der Waals surface area contributed by atoms with Crippen LogP contribution in [0.15, 0.2) is 48.5 Å². The Morgan fingerprint density at radius 3 is 2.28 bits per heavy atom. The number of hydrogen-bond acceptors (Lipinski definition) is 4. The number of carbonyl (C=O) groups is 2. The second-order valence-electron chi connectivity index (χ2n) is 10.8. The van der Waals surface area contributed by atoms with Crippen LogP contribution in [-0.2, 0) is 21.4 Å². The van der Waals surface area contributed by atoms with E-state index in [1.807, 2.05) is 47.9 Å². The highest BCUT2D eigenvalue weighted by Crippen LogP contribution is 2.23. The molecule has 0 aliphatic carbocycles. The first-order chi connectivity index (χ1) is 18.5. The van der Waals surface area contributed by atoms with Crippen LogP contribution in [0.25, 0.3) is 0 Å². The average molecular weight is 576 g/mol. The molecule has 2 amide bonds. The van der Waals surface area contributed by atoms with E-state index >= 15 is 0 Å². The van der Waals surface area contributed by atoms with Gasteiger partial charge in [0, 0.05) is 42.8 Å². The lowest BCUT2D eigenvalue weighted by atomic mass is 10.00. The summed E-state index contributed by atoms with van der Waals surface area (Å²) in [6.07, 6.45) is 2.45. The molecular formula is C30H42ClN3O4S. The van der Waals surface area contributed by atoms with Crippen molar-refractivity contribution in [2.75, 3.05) is 31.9 Å². The molecule has 39 heavy (non-hydrogen) atoms.